The summed E-state index contributed by atoms with van der Waals surface area (Å²) in [6.07, 6.45) is 0.768. The number of ether oxygens (including phenoxy) is 1. The molecule has 1 atom stereocenters. The Morgan fingerprint density at radius 1 is 1.40 bits per heavy atom. The van der Waals surface area contributed by atoms with Gasteiger partial charge in [-0.1, -0.05) is 6.07 Å². The lowest BCUT2D eigenvalue weighted by Crippen LogP contribution is -2.50. The minimum absolute atomic E-state index is 0.0875. The van der Waals surface area contributed by atoms with Crippen LogP contribution in [0, 0.1) is 11.3 Å². The largest absolute Gasteiger partial charge is 0.444 e. The Bertz CT molecular complexity index is 778. The molecule has 2 rings (SSSR count). The molecule has 1 saturated heterocycles. The van der Waals surface area contributed by atoms with Crippen molar-refractivity contribution in [3.8, 4) is 6.07 Å². The zero-order chi connectivity index (χ0) is 18.7. The van der Waals surface area contributed by atoms with Gasteiger partial charge in [0.2, 0.25) is 10.0 Å². The van der Waals surface area contributed by atoms with Crippen molar-refractivity contribution in [3.05, 3.63) is 29.8 Å². The lowest BCUT2D eigenvalue weighted by molar-refractivity contribution is 0.0487. The highest BCUT2D eigenvalue weighted by Crippen LogP contribution is 2.21. The number of piperidine rings is 1. The maximum atomic E-state index is 12.8. The Kier molecular flexibility index (Phi) is 5.70. The van der Waals surface area contributed by atoms with E-state index < -0.39 is 21.7 Å². The van der Waals surface area contributed by atoms with Crippen LogP contribution < -0.4 is 5.32 Å². The highest BCUT2D eigenvalue weighted by Gasteiger charge is 2.31. The second-order valence-corrected chi connectivity index (χ2v) is 8.93. The number of nitrogens with zero attached hydrogens (tertiary/aromatic N) is 2. The van der Waals surface area contributed by atoms with Crippen LogP contribution in [0.25, 0.3) is 0 Å². The van der Waals surface area contributed by atoms with Crippen LogP contribution in [0.3, 0.4) is 0 Å². The zero-order valence-corrected chi connectivity index (χ0v) is 15.5. The molecule has 1 aliphatic heterocycles. The molecule has 8 heteroatoms. The number of sulfonamides is 1. The number of carbonyl (C=O) groups excluding carboxylic acids is 1. The molecule has 1 heterocycles. The Labute approximate surface area is 148 Å². The fraction of sp³-hybridized carbons (Fsp3) is 0.529. The van der Waals surface area contributed by atoms with E-state index in [1.54, 1.807) is 32.9 Å². The van der Waals surface area contributed by atoms with Gasteiger partial charge in [0.25, 0.3) is 0 Å². The summed E-state index contributed by atoms with van der Waals surface area (Å²) in [5.41, 5.74) is -0.316. The van der Waals surface area contributed by atoms with Gasteiger partial charge in [-0.2, -0.15) is 9.57 Å². The molecule has 1 fully saturated rings. The maximum absolute atomic E-state index is 12.8. The van der Waals surface area contributed by atoms with Crippen molar-refractivity contribution in [2.45, 2.75) is 50.2 Å². The third-order valence-corrected chi connectivity index (χ3v) is 5.57. The van der Waals surface area contributed by atoms with Gasteiger partial charge in [0.15, 0.2) is 0 Å². The van der Waals surface area contributed by atoms with Gasteiger partial charge in [0.1, 0.15) is 5.60 Å². The van der Waals surface area contributed by atoms with Crippen molar-refractivity contribution in [1.82, 2.24) is 9.62 Å². The average Bonchev–Trinajstić information content (AvgIpc) is 2.53. The minimum Gasteiger partial charge on any atom is -0.444 e. The van der Waals surface area contributed by atoms with Gasteiger partial charge in [-0.25, -0.2) is 13.2 Å². The SMILES string of the molecule is CC(C)(C)OC(=O)NC1CCCN(S(=O)(=O)c2cccc(C#N)c2)C1. The van der Waals surface area contributed by atoms with Crippen LogP contribution in [-0.4, -0.2) is 43.5 Å². The Balaban J connectivity index is 2.09. The number of nitrogens with one attached hydrogen (secondary N) is 1. The van der Waals surface area contributed by atoms with Gasteiger partial charge in [-0.15, -0.1) is 0 Å². The number of alkyl carbamates (subject to hydrolysis) is 1. The first-order chi connectivity index (χ1) is 11.6. The third-order valence-electron chi connectivity index (χ3n) is 3.71. The molecular weight excluding hydrogens is 342 g/mol. The van der Waals surface area contributed by atoms with Crippen LogP contribution in [0.15, 0.2) is 29.2 Å². The van der Waals surface area contributed by atoms with E-state index in [2.05, 4.69) is 5.32 Å². The number of nitriles is 1. The molecule has 0 spiro atoms. The number of rotatable bonds is 3. The highest BCUT2D eigenvalue weighted by molar-refractivity contribution is 7.89. The molecule has 136 valence electrons. The average molecular weight is 365 g/mol. The molecule has 1 aliphatic rings. The molecular formula is C17H23N3O4S. The molecule has 0 bridgehead atoms. The molecule has 1 N–H and O–H groups in total. The molecule has 1 aromatic rings. The first-order valence-corrected chi connectivity index (χ1v) is 9.56. The van der Waals surface area contributed by atoms with Crippen molar-refractivity contribution < 1.29 is 17.9 Å². The normalized spacial score (nSPS) is 19.0. The van der Waals surface area contributed by atoms with Crippen molar-refractivity contribution in [1.29, 1.82) is 5.26 Å². The number of benzene rings is 1. The Morgan fingerprint density at radius 3 is 2.76 bits per heavy atom. The number of hydrogen-bond acceptors (Lipinski definition) is 5. The second-order valence-electron chi connectivity index (χ2n) is 6.99. The first-order valence-electron chi connectivity index (χ1n) is 8.12. The van der Waals surface area contributed by atoms with Gasteiger partial charge in [-0.3, -0.25) is 0 Å². The lowest BCUT2D eigenvalue weighted by atomic mass is 10.1. The van der Waals surface area contributed by atoms with E-state index in [-0.39, 0.29) is 17.5 Å². The molecule has 0 radical (unpaired) electrons. The maximum Gasteiger partial charge on any atom is 0.407 e. The van der Waals surface area contributed by atoms with Crippen LogP contribution in [0.1, 0.15) is 39.2 Å². The molecule has 1 amide bonds. The van der Waals surface area contributed by atoms with Crippen LogP contribution in [0.2, 0.25) is 0 Å². The van der Waals surface area contributed by atoms with E-state index >= 15 is 0 Å². The lowest BCUT2D eigenvalue weighted by Gasteiger charge is -2.32. The molecule has 0 aliphatic carbocycles. The van der Waals surface area contributed by atoms with E-state index in [0.29, 0.717) is 24.9 Å². The van der Waals surface area contributed by atoms with Crippen LogP contribution in [0.5, 0.6) is 0 Å². The number of hydrogen-bond donors (Lipinski definition) is 1. The fourth-order valence-corrected chi connectivity index (χ4v) is 4.20. The van der Waals surface area contributed by atoms with Crippen molar-refractivity contribution >= 4 is 16.1 Å². The van der Waals surface area contributed by atoms with Crippen molar-refractivity contribution in [3.63, 3.8) is 0 Å². The summed E-state index contributed by atoms with van der Waals surface area (Å²) in [6.45, 7) is 5.87. The highest BCUT2D eigenvalue weighted by atomic mass is 32.2. The summed E-state index contributed by atoms with van der Waals surface area (Å²) in [5.74, 6) is 0. The Hall–Kier alpha value is -2.11. The topological polar surface area (TPSA) is 99.5 Å². The summed E-state index contributed by atoms with van der Waals surface area (Å²) in [7, 11) is -3.71. The van der Waals surface area contributed by atoms with E-state index in [1.165, 1.54) is 16.4 Å². The van der Waals surface area contributed by atoms with Gasteiger partial charge >= 0.3 is 6.09 Å². The summed E-state index contributed by atoms with van der Waals surface area (Å²) in [6, 6.07) is 7.57. The van der Waals surface area contributed by atoms with Gasteiger partial charge in [0.05, 0.1) is 16.5 Å². The quantitative estimate of drug-likeness (QED) is 0.885. The monoisotopic (exact) mass is 365 g/mol. The summed E-state index contributed by atoms with van der Waals surface area (Å²) >= 11 is 0. The molecule has 0 aromatic heterocycles. The zero-order valence-electron chi connectivity index (χ0n) is 14.7. The smallest absolute Gasteiger partial charge is 0.407 e. The van der Waals surface area contributed by atoms with E-state index in [0.717, 1.165) is 0 Å². The van der Waals surface area contributed by atoms with Crippen LogP contribution >= 0.6 is 0 Å². The van der Waals surface area contributed by atoms with Crippen LogP contribution in [0.4, 0.5) is 4.79 Å². The summed E-state index contributed by atoms with van der Waals surface area (Å²) in [5, 5.41) is 11.7. The van der Waals surface area contributed by atoms with E-state index in [4.69, 9.17) is 10.00 Å². The van der Waals surface area contributed by atoms with Gasteiger partial charge in [-0.05, 0) is 51.8 Å². The van der Waals surface area contributed by atoms with Gasteiger partial charge in [0, 0.05) is 19.1 Å². The predicted molar refractivity (Wildman–Crippen MR) is 92.3 cm³/mol. The van der Waals surface area contributed by atoms with Crippen molar-refractivity contribution in [2.24, 2.45) is 0 Å². The standard InChI is InChI=1S/C17H23N3O4S/c1-17(2,3)24-16(21)19-14-7-5-9-20(12-14)25(22,23)15-8-4-6-13(10-15)11-18/h4,6,8,10,14H,5,7,9,12H2,1-3H3,(H,19,21). The first kappa shape index (κ1) is 19.2. The fourth-order valence-electron chi connectivity index (χ4n) is 2.63. The summed E-state index contributed by atoms with van der Waals surface area (Å²) < 4.78 is 32.1. The second kappa shape index (κ2) is 7.42. The number of amides is 1. The molecule has 1 aromatic carbocycles. The third kappa shape index (κ3) is 5.18. The Morgan fingerprint density at radius 2 is 2.12 bits per heavy atom. The molecule has 7 nitrogen and oxygen atoms in total. The molecule has 25 heavy (non-hydrogen) atoms. The molecule has 1 unspecified atom stereocenters. The van der Waals surface area contributed by atoms with Crippen LogP contribution in [-0.2, 0) is 14.8 Å². The van der Waals surface area contributed by atoms with E-state index in [1.807, 2.05) is 6.07 Å². The number of carbonyl (C=O) groups is 1. The minimum atomic E-state index is -3.71. The van der Waals surface area contributed by atoms with Gasteiger partial charge < -0.3 is 10.1 Å². The molecule has 0 saturated carbocycles. The van der Waals surface area contributed by atoms with E-state index in [9.17, 15) is 13.2 Å². The predicted octanol–water partition coefficient (Wildman–Crippen LogP) is 2.24. The summed E-state index contributed by atoms with van der Waals surface area (Å²) in [4.78, 5) is 12.0. The van der Waals surface area contributed by atoms with Crippen molar-refractivity contribution in [2.75, 3.05) is 13.1 Å².